The molecule has 88 valence electrons. The van der Waals surface area contributed by atoms with Crippen LogP contribution in [0.1, 0.15) is 5.56 Å². The number of rotatable bonds is 2. The second kappa shape index (κ2) is 4.49. The van der Waals surface area contributed by atoms with E-state index in [1.165, 1.54) is 5.56 Å². The normalized spacial score (nSPS) is 10.7. The first kappa shape index (κ1) is 10.8. The lowest BCUT2D eigenvalue weighted by Crippen LogP contribution is -2.34. The summed E-state index contributed by atoms with van der Waals surface area (Å²) < 4.78 is 2.14. The van der Waals surface area contributed by atoms with E-state index >= 15 is 0 Å². The van der Waals surface area contributed by atoms with E-state index < -0.39 is 0 Å². The van der Waals surface area contributed by atoms with Crippen LogP contribution in [0.15, 0.2) is 66.9 Å². The summed E-state index contributed by atoms with van der Waals surface area (Å²) in [5.41, 5.74) is 2.29. The summed E-state index contributed by atoms with van der Waals surface area (Å²) in [7, 11) is 0. The quantitative estimate of drug-likeness (QED) is 0.680. The van der Waals surface area contributed by atoms with Crippen LogP contribution in [-0.2, 0) is 6.54 Å². The standard InChI is InChI=1S/C16H13NO/c18-16-10-11-17(12-13-6-2-1-3-7-13)15-9-5-4-8-14(15)16/h1-11H,12H2/p+1. The smallest absolute Gasteiger partial charge is 0.216 e. The number of aromatic hydroxyl groups is 1. The fourth-order valence-corrected chi connectivity index (χ4v) is 2.19. The minimum atomic E-state index is 0.329. The third-order valence-corrected chi connectivity index (χ3v) is 3.10. The minimum Gasteiger partial charge on any atom is -0.507 e. The van der Waals surface area contributed by atoms with Gasteiger partial charge in [0.15, 0.2) is 12.7 Å². The van der Waals surface area contributed by atoms with Gasteiger partial charge in [-0.15, -0.1) is 0 Å². The Morgan fingerprint density at radius 1 is 0.833 bits per heavy atom. The third-order valence-electron chi connectivity index (χ3n) is 3.10. The molecule has 0 spiro atoms. The summed E-state index contributed by atoms with van der Waals surface area (Å²) in [4.78, 5) is 0. The Morgan fingerprint density at radius 3 is 2.39 bits per heavy atom. The lowest BCUT2D eigenvalue weighted by atomic mass is 10.1. The maximum atomic E-state index is 9.85. The molecule has 2 aromatic carbocycles. The molecule has 0 saturated carbocycles. The molecule has 0 atom stereocenters. The molecule has 2 nitrogen and oxygen atoms in total. The van der Waals surface area contributed by atoms with Crippen LogP contribution in [0.3, 0.4) is 0 Å². The summed E-state index contributed by atoms with van der Waals surface area (Å²) >= 11 is 0. The average molecular weight is 236 g/mol. The molecule has 2 heteroatoms. The van der Waals surface area contributed by atoms with Crippen molar-refractivity contribution < 1.29 is 9.67 Å². The summed E-state index contributed by atoms with van der Waals surface area (Å²) in [6.07, 6.45) is 1.92. The molecule has 0 radical (unpaired) electrons. The summed E-state index contributed by atoms with van der Waals surface area (Å²) in [5, 5.41) is 10.7. The molecule has 0 unspecified atom stereocenters. The van der Waals surface area contributed by atoms with Crippen LogP contribution < -0.4 is 4.57 Å². The van der Waals surface area contributed by atoms with E-state index in [0.717, 1.165) is 17.4 Å². The van der Waals surface area contributed by atoms with Crippen LogP contribution in [0.25, 0.3) is 10.9 Å². The third kappa shape index (κ3) is 1.93. The number of aromatic nitrogens is 1. The van der Waals surface area contributed by atoms with Crippen LogP contribution in [0, 0.1) is 0 Å². The van der Waals surface area contributed by atoms with Gasteiger partial charge < -0.3 is 5.11 Å². The van der Waals surface area contributed by atoms with Crippen molar-refractivity contribution in [3.63, 3.8) is 0 Å². The van der Waals surface area contributed by atoms with E-state index in [0.29, 0.717) is 5.75 Å². The van der Waals surface area contributed by atoms with Gasteiger partial charge in [0.05, 0.1) is 5.39 Å². The van der Waals surface area contributed by atoms with E-state index in [2.05, 4.69) is 16.7 Å². The summed E-state index contributed by atoms with van der Waals surface area (Å²) in [6, 6.07) is 19.9. The predicted molar refractivity (Wildman–Crippen MR) is 71.4 cm³/mol. The van der Waals surface area contributed by atoms with E-state index in [1.54, 1.807) is 6.07 Å². The Balaban J connectivity index is 2.10. The number of pyridine rings is 1. The fourth-order valence-electron chi connectivity index (χ4n) is 2.19. The van der Waals surface area contributed by atoms with Crippen molar-refractivity contribution in [1.82, 2.24) is 0 Å². The van der Waals surface area contributed by atoms with Crippen molar-refractivity contribution >= 4 is 10.9 Å². The van der Waals surface area contributed by atoms with Crippen LogP contribution in [0.4, 0.5) is 0 Å². The van der Waals surface area contributed by atoms with Crippen molar-refractivity contribution in [3.8, 4) is 5.75 Å². The molecule has 0 amide bonds. The first-order chi connectivity index (χ1) is 8.84. The van der Waals surface area contributed by atoms with Gasteiger partial charge in [-0.3, -0.25) is 0 Å². The van der Waals surface area contributed by atoms with Crippen LogP contribution in [0.5, 0.6) is 5.75 Å². The Labute approximate surface area is 106 Å². The van der Waals surface area contributed by atoms with Crippen molar-refractivity contribution in [2.75, 3.05) is 0 Å². The predicted octanol–water partition coefficient (Wildman–Crippen LogP) is 2.88. The van der Waals surface area contributed by atoms with Gasteiger partial charge in [-0.1, -0.05) is 42.5 Å². The van der Waals surface area contributed by atoms with Crippen molar-refractivity contribution in [2.45, 2.75) is 6.54 Å². The van der Waals surface area contributed by atoms with E-state index in [-0.39, 0.29) is 0 Å². The highest BCUT2D eigenvalue weighted by atomic mass is 16.3. The monoisotopic (exact) mass is 236 g/mol. The number of fused-ring (bicyclic) bond motifs is 1. The highest BCUT2D eigenvalue weighted by Gasteiger charge is 2.11. The van der Waals surface area contributed by atoms with Gasteiger partial charge >= 0.3 is 0 Å². The van der Waals surface area contributed by atoms with Gasteiger partial charge in [0.2, 0.25) is 5.52 Å². The topological polar surface area (TPSA) is 24.1 Å². The molecular weight excluding hydrogens is 222 g/mol. The zero-order valence-corrected chi connectivity index (χ0v) is 9.95. The number of hydrogen-bond acceptors (Lipinski definition) is 1. The van der Waals surface area contributed by atoms with Crippen molar-refractivity contribution in [1.29, 1.82) is 0 Å². The molecule has 0 aliphatic heterocycles. The maximum Gasteiger partial charge on any atom is 0.216 e. The zero-order valence-electron chi connectivity index (χ0n) is 9.95. The first-order valence-corrected chi connectivity index (χ1v) is 5.99. The van der Waals surface area contributed by atoms with Gasteiger partial charge in [0.25, 0.3) is 0 Å². The lowest BCUT2D eigenvalue weighted by Gasteiger charge is -2.03. The molecule has 1 N–H and O–H groups in total. The largest absolute Gasteiger partial charge is 0.507 e. The molecule has 18 heavy (non-hydrogen) atoms. The van der Waals surface area contributed by atoms with Gasteiger partial charge in [-0.2, -0.15) is 4.57 Å². The number of hydrogen-bond donors (Lipinski definition) is 1. The lowest BCUT2D eigenvalue weighted by molar-refractivity contribution is -0.662. The summed E-state index contributed by atoms with van der Waals surface area (Å²) in [6.45, 7) is 0.807. The molecule has 3 rings (SSSR count). The van der Waals surface area contributed by atoms with Gasteiger partial charge in [-0.25, -0.2) is 0 Å². The summed E-state index contributed by atoms with van der Waals surface area (Å²) in [5.74, 6) is 0.329. The Kier molecular flexibility index (Phi) is 2.69. The molecule has 0 aliphatic carbocycles. The van der Waals surface area contributed by atoms with Crippen LogP contribution in [0.2, 0.25) is 0 Å². The second-order valence-corrected chi connectivity index (χ2v) is 4.33. The van der Waals surface area contributed by atoms with Gasteiger partial charge in [-0.05, 0) is 6.07 Å². The van der Waals surface area contributed by atoms with E-state index in [4.69, 9.17) is 0 Å². The van der Waals surface area contributed by atoms with Crippen molar-refractivity contribution in [3.05, 3.63) is 72.4 Å². The number of benzene rings is 2. The number of para-hydroxylation sites is 1. The van der Waals surface area contributed by atoms with E-state index in [9.17, 15) is 5.11 Å². The minimum absolute atomic E-state index is 0.329. The molecule has 3 aromatic rings. The molecule has 1 heterocycles. The maximum absolute atomic E-state index is 9.85. The first-order valence-electron chi connectivity index (χ1n) is 5.99. The fraction of sp³-hybridized carbons (Fsp3) is 0.0625. The Bertz CT molecular complexity index is 677. The zero-order chi connectivity index (χ0) is 12.4. The molecule has 0 bridgehead atoms. The van der Waals surface area contributed by atoms with Crippen LogP contribution in [-0.4, -0.2) is 5.11 Å². The number of nitrogens with zero attached hydrogens (tertiary/aromatic N) is 1. The SMILES string of the molecule is Oc1cc[n+](Cc2ccccc2)c2ccccc12. The highest BCUT2D eigenvalue weighted by Crippen LogP contribution is 2.20. The second-order valence-electron chi connectivity index (χ2n) is 4.33. The highest BCUT2D eigenvalue weighted by molar-refractivity contribution is 5.81. The van der Waals surface area contributed by atoms with E-state index in [1.807, 2.05) is 48.7 Å². The molecule has 0 saturated heterocycles. The van der Waals surface area contributed by atoms with Gasteiger partial charge in [0, 0.05) is 17.7 Å². The molecule has 0 fully saturated rings. The Morgan fingerprint density at radius 2 is 1.56 bits per heavy atom. The molecule has 1 aromatic heterocycles. The molecule has 0 aliphatic rings. The van der Waals surface area contributed by atoms with Gasteiger partial charge in [0.1, 0.15) is 5.75 Å². The average Bonchev–Trinajstić information content (AvgIpc) is 2.44. The van der Waals surface area contributed by atoms with Crippen LogP contribution >= 0.6 is 0 Å². The Hall–Kier alpha value is -2.35. The molecular formula is C16H14NO+. The van der Waals surface area contributed by atoms with Crippen molar-refractivity contribution in [2.24, 2.45) is 0 Å².